The Hall–Kier alpha value is -1.42. The van der Waals surface area contributed by atoms with E-state index in [0.717, 1.165) is 50.9 Å². The number of fused-ring (bicyclic) bond motifs is 1. The number of esters is 1. The minimum atomic E-state index is -0.487. The lowest BCUT2D eigenvalue weighted by atomic mass is 9.61. The molecule has 150 valence electrons. The fraction of sp³-hybridized carbons (Fsp3) is 0.739. The van der Waals surface area contributed by atoms with Gasteiger partial charge in [0.1, 0.15) is 0 Å². The van der Waals surface area contributed by atoms with Crippen LogP contribution in [0.2, 0.25) is 0 Å². The van der Waals surface area contributed by atoms with Crippen LogP contribution in [-0.2, 0) is 14.3 Å². The lowest BCUT2D eigenvalue weighted by Crippen LogP contribution is -2.51. The van der Waals surface area contributed by atoms with E-state index in [1.54, 1.807) is 6.08 Å². The molecule has 3 aliphatic rings. The molecule has 0 aliphatic heterocycles. The molecule has 0 saturated heterocycles. The van der Waals surface area contributed by atoms with Crippen molar-refractivity contribution in [3.8, 4) is 0 Å². The van der Waals surface area contributed by atoms with E-state index in [4.69, 9.17) is 0 Å². The van der Waals surface area contributed by atoms with Crippen molar-refractivity contribution >= 4 is 11.8 Å². The highest BCUT2D eigenvalue weighted by molar-refractivity contribution is 5.94. The summed E-state index contributed by atoms with van der Waals surface area (Å²) in [5.41, 5.74) is -0.487. The van der Waals surface area contributed by atoms with Gasteiger partial charge in [-0.3, -0.25) is 9.59 Å². The quantitative estimate of drug-likeness (QED) is 0.350. The maximum Gasteiger partial charge on any atom is 0.305 e. The molecule has 0 heterocycles. The van der Waals surface area contributed by atoms with Crippen molar-refractivity contribution in [2.45, 2.75) is 76.2 Å². The normalized spacial score (nSPS) is 34.8. The second-order valence-corrected chi connectivity index (χ2v) is 8.71. The Labute approximate surface area is 163 Å². The Kier molecular flexibility index (Phi) is 6.91. The number of rotatable bonds is 10. The van der Waals surface area contributed by atoms with E-state index in [2.05, 4.69) is 16.9 Å². The van der Waals surface area contributed by atoms with Crippen molar-refractivity contribution < 1.29 is 19.4 Å². The van der Waals surface area contributed by atoms with Crippen LogP contribution in [0.3, 0.4) is 0 Å². The van der Waals surface area contributed by atoms with Crippen molar-refractivity contribution in [2.75, 3.05) is 7.11 Å². The first-order valence-electron chi connectivity index (χ1n) is 10.7. The van der Waals surface area contributed by atoms with Crippen LogP contribution < -0.4 is 0 Å². The summed E-state index contributed by atoms with van der Waals surface area (Å²) in [4.78, 5) is 23.3. The largest absolute Gasteiger partial charge is 0.469 e. The fourth-order valence-corrected chi connectivity index (χ4v) is 5.37. The number of unbranched alkanes of at least 4 members (excludes halogenated alkanes) is 3. The van der Waals surface area contributed by atoms with Gasteiger partial charge in [-0.1, -0.05) is 43.9 Å². The Morgan fingerprint density at radius 2 is 2.11 bits per heavy atom. The van der Waals surface area contributed by atoms with Gasteiger partial charge in [0.05, 0.1) is 12.7 Å². The molecule has 3 unspecified atom stereocenters. The topological polar surface area (TPSA) is 63.6 Å². The molecular formula is C23H34O4. The lowest BCUT2D eigenvalue weighted by Gasteiger charge is -2.48. The molecule has 0 radical (unpaired) electrons. The number of carbonyl (C=O) groups excluding carboxylic acids is 2. The molecule has 0 aromatic heterocycles. The van der Waals surface area contributed by atoms with Crippen LogP contribution in [0.15, 0.2) is 24.3 Å². The van der Waals surface area contributed by atoms with Gasteiger partial charge in [0.25, 0.3) is 0 Å². The third kappa shape index (κ3) is 4.90. The van der Waals surface area contributed by atoms with E-state index < -0.39 is 5.60 Å². The summed E-state index contributed by atoms with van der Waals surface area (Å²) in [6.45, 7) is 0. The van der Waals surface area contributed by atoms with Gasteiger partial charge in [-0.15, -0.1) is 0 Å². The molecule has 0 bridgehead atoms. The summed E-state index contributed by atoms with van der Waals surface area (Å²) < 4.78 is 4.65. The summed E-state index contributed by atoms with van der Waals surface area (Å²) in [7, 11) is 1.42. The number of aliphatic hydroxyl groups is 1. The van der Waals surface area contributed by atoms with Gasteiger partial charge >= 0.3 is 5.97 Å². The molecule has 5 atom stereocenters. The van der Waals surface area contributed by atoms with E-state index in [1.807, 2.05) is 6.08 Å². The van der Waals surface area contributed by atoms with Crippen LogP contribution in [-0.4, -0.2) is 29.6 Å². The summed E-state index contributed by atoms with van der Waals surface area (Å²) in [6.07, 6.45) is 18.7. The maximum atomic E-state index is 12.2. The fourth-order valence-electron chi connectivity index (χ4n) is 5.37. The van der Waals surface area contributed by atoms with Crippen molar-refractivity contribution in [3.63, 3.8) is 0 Å². The number of ketones is 1. The van der Waals surface area contributed by atoms with Gasteiger partial charge in [0, 0.05) is 18.3 Å². The standard InChI is InChI=1S/C23H34O4/c1-27-22(25)12-5-3-2-4-10-19-17(13-14-21(19)24)9-7-15-23(26)16-18-8-6-11-20(18)23/h7,9,13-14,17-20,26H,2-6,8,10-12,15-16H2,1H3/b9-7+/t17-,18?,19+,20?,23?/m0/s1. The molecule has 4 nitrogen and oxygen atoms in total. The highest BCUT2D eigenvalue weighted by atomic mass is 16.5. The van der Waals surface area contributed by atoms with Crippen molar-refractivity contribution in [3.05, 3.63) is 24.3 Å². The van der Waals surface area contributed by atoms with E-state index in [9.17, 15) is 14.7 Å². The Morgan fingerprint density at radius 1 is 1.30 bits per heavy atom. The van der Waals surface area contributed by atoms with E-state index >= 15 is 0 Å². The van der Waals surface area contributed by atoms with Crippen LogP contribution in [0, 0.1) is 23.7 Å². The molecule has 3 rings (SSSR count). The Balaban J connectivity index is 1.37. The predicted octanol–water partition coefficient (Wildman–Crippen LogP) is 4.37. The zero-order valence-electron chi connectivity index (χ0n) is 16.6. The molecule has 0 aromatic rings. The number of hydrogen-bond donors (Lipinski definition) is 1. The first kappa shape index (κ1) is 20.3. The summed E-state index contributed by atoms with van der Waals surface area (Å²) in [5.74, 6) is 1.57. The zero-order chi connectivity index (χ0) is 19.3. The average Bonchev–Trinajstić information content (AvgIpc) is 3.21. The van der Waals surface area contributed by atoms with Gasteiger partial charge in [0.2, 0.25) is 0 Å². The number of ether oxygens (including phenoxy) is 1. The van der Waals surface area contributed by atoms with Gasteiger partial charge in [-0.05, 0) is 56.4 Å². The SMILES string of the molecule is COC(=O)CCCCCC[C@H]1C(=O)C=C[C@@H]1/C=C/CC1(O)CC2CCCC21. The molecule has 0 spiro atoms. The van der Waals surface area contributed by atoms with Gasteiger partial charge in [-0.25, -0.2) is 0 Å². The minimum Gasteiger partial charge on any atom is -0.469 e. The number of carbonyl (C=O) groups is 2. The minimum absolute atomic E-state index is 0.0529. The van der Waals surface area contributed by atoms with Crippen molar-refractivity contribution in [1.29, 1.82) is 0 Å². The smallest absolute Gasteiger partial charge is 0.305 e. The highest BCUT2D eigenvalue weighted by Crippen LogP contribution is 2.55. The summed E-state index contributed by atoms with van der Waals surface area (Å²) >= 11 is 0. The van der Waals surface area contributed by atoms with Crippen molar-refractivity contribution in [1.82, 2.24) is 0 Å². The predicted molar refractivity (Wildman–Crippen MR) is 105 cm³/mol. The molecule has 27 heavy (non-hydrogen) atoms. The molecular weight excluding hydrogens is 340 g/mol. The Morgan fingerprint density at radius 3 is 2.89 bits per heavy atom. The first-order valence-corrected chi connectivity index (χ1v) is 10.7. The first-order chi connectivity index (χ1) is 13.0. The highest BCUT2D eigenvalue weighted by Gasteiger charge is 2.53. The third-order valence-corrected chi connectivity index (χ3v) is 6.98. The van der Waals surface area contributed by atoms with E-state index in [0.29, 0.717) is 12.3 Å². The summed E-state index contributed by atoms with van der Waals surface area (Å²) in [6, 6.07) is 0. The maximum absolute atomic E-state index is 12.2. The van der Waals surface area contributed by atoms with Gasteiger partial charge in [0.15, 0.2) is 5.78 Å². The van der Waals surface area contributed by atoms with Gasteiger partial charge < -0.3 is 9.84 Å². The molecule has 1 N–H and O–H groups in total. The average molecular weight is 375 g/mol. The van der Waals surface area contributed by atoms with Crippen LogP contribution in [0.1, 0.15) is 70.6 Å². The molecule has 3 aliphatic carbocycles. The Bertz CT molecular complexity index is 593. The van der Waals surface area contributed by atoms with Crippen LogP contribution in [0.5, 0.6) is 0 Å². The summed E-state index contributed by atoms with van der Waals surface area (Å²) in [5, 5.41) is 10.8. The number of hydrogen-bond acceptors (Lipinski definition) is 4. The number of methoxy groups -OCH3 is 1. The number of allylic oxidation sites excluding steroid dienone is 3. The molecule has 4 heteroatoms. The van der Waals surface area contributed by atoms with E-state index in [1.165, 1.54) is 26.4 Å². The second kappa shape index (κ2) is 9.18. The zero-order valence-corrected chi connectivity index (χ0v) is 16.6. The molecule has 0 amide bonds. The van der Waals surface area contributed by atoms with Crippen LogP contribution in [0.25, 0.3) is 0 Å². The molecule has 2 saturated carbocycles. The van der Waals surface area contributed by atoms with Crippen molar-refractivity contribution in [2.24, 2.45) is 23.7 Å². The third-order valence-electron chi connectivity index (χ3n) is 6.98. The monoisotopic (exact) mass is 374 g/mol. The molecule has 2 fully saturated rings. The van der Waals surface area contributed by atoms with Crippen LogP contribution in [0.4, 0.5) is 0 Å². The van der Waals surface area contributed by atoms with E-state index in [-0.39, 0.29) is 23.6 Å². The molecule has 0 aromatic carbocycles. The second-order valence-electron chi connectivity index (χ2n) is 8.71. The van der Waals surface area contributed by atoms with Gasteiger partial charge in [-0.2, -0.15) is 0 Å². The van der Waals surface area contributed by atoms with Crippen LogP contribution >= 0.6 is 0 Å². The lowest BCUT2D eigenvalue weighted by molar-refractivity contribution is -0.140.